The van der Waals surface area contributed by atoms with Crippen LogP contribution in [0.25, 0.3) is 32.2 Å². The molecule has 0 radical (unpaired) electrons. The minimum absolute atomic E-state index is 0.0755. The summed E-state index contributed by atoms with van der Waals surface area (Å²) >= 11 is 2.16. The number of hydrogen-bond donors (Lipinski definition) is 2. The van der Waals surface area contributed by atoms with E-state index in [1.165, 1.54) is 0 Å². The summed E-state index contributed by atoms with van der Waals surface area (Å²) in [6.45, 7) is 11.3. The van der Waals surface area contributed by atoms with Crippen LogP contribution < -0.4 is 9.47 Å². The first-order valence-corrected chi connectivity index (χ1v) is 14.7. The van der Waals surface area contributed by atoms with Crippen molar-refractivity contribution >= 4 is 45.6 Å². The van der Waals surface area contributed by atoms with Gasteiger partial charge in [-0.25, -0.2) is 28.6 Å². The molecule has 0 aliphatic rings. The number of thiazole rings is 2. The van der Waals surface area contributed by atoms with Crippen molar-refractivity contribution in [1.82, 2.24) is 29.2 Å². The van der Waals surface area contributed by atoms with Gasteiger partial charge in [0.15, 0.2) is 9.75 Å². The van der Waals surface area contributed by atoms with E-state index in [0.29, 0.717) is 10.0 Å². The molecule has 0 atom stereocenters. The molecule has 0 unspecified atom stereocenters. The van der Waals surface area contributed by atoms with Crippen molar-refractivity contribution < 1.29 is 29.3 Å². The predicted molar refractivity (Wildman–Crippen MR) is 167 cm³/mol. The van der Waals surface area contributed by atoms with Crippen LogP contribution in [-0.2, 0) is 0 Å². The number of aromatic carboxylic acids is 2. The van der Waals surface area contributed by atoms with E-state index in [1.54, 1.807) is 21.2 Å². The Kier molecular flexibility index (Phi) is 8.83. The topological polar surface area (TPSA) is 153 Å². The maximum absolute atomic E-state index is 11.4. The fourth-order valence-electron chi connectivity index (χ4n) is 4.33. The lowest BCUT2D eigenvalue weighted by Crippen LogP contribution is -2.00. The summed E-state index contributed by atoms with van der Waals surface area (Å²) < 4.78 is 14.2. The van der Waals surface area contributed by atoms with E-state index in [2.05, 4.69) is 33.3 Å². The summed E-state index contributed by atoms with van der Waals surface area (Å²) in [7, 11) is 0. The fraction of sp³-hybridized carbons (Fsp3) is 0.133. The van der Waals surface area contributed by atoms with Crippen LogP contribution in [0.3, 0.4) is 0 Å². The lowest BCUT2D eigenvalue weighted by atomic mass is 10.2. The van der Waals surface area contributed by atoms with Crippen molar-refractivity contribution in [2.24, 2.45) is 0 Å². The first-order chi connectivity index (χ1) is 21.2. The molecule has 0 spiro atoms. The van der Waals surface area contributed by atoms with Gasteiger partial charge in [0.2, 0.25) is 11.8 Å². The molecule has 2 N–H and O–H groups in total. The number of hydrogen-bond acceptors (Lipinski definition) is 10. The third-order valence-corrected chi connectivity index (χ3v) is 8.20. The van der Waals surface area contributed by atoms with E-state index in [1.807, 2.05) is 62.6 Å². The van der Waals surface area contributed by atoms with E-state index in [9.17, 15) is 19.8 Å². The van der Waals surface area contributed by atoms with E-state index in [-0.39, 0.29) is 34.7 Å². The molecule has 0 saturated carbocycles. The van der Waals surface area contributed by atoms with Crippen molar-refractivity contribution in [3.05, 3.63) is 95.2 Å². The number of pyridine rings is 2. The highest BCUT2D eigenvalue weighted by molar-refractivity contribution is 7.17. The van der Waals surface area contributed by atoms with Crippen LogP contribution in [0.15, 0.2) is 74.1 Å². The lowest BCUT2D eigenvalue weighted by Gasteiger charge is -1.98. The second-order valence-electron chi connectivity index (χ2n) is 9.10. The molecule has 0 aromatic carbocycles. The summed E-state index contributed by atoms with van der Waals surface area (Å²) in [6, 6.07) is 11.4. The molecule has 44 heavy (non-hydrogen) atoms. The van der Waals surface area contributed by atoms with Gasteiger partial charge in [0.05, 0.1) is 33.5 Å². The summed E-state index contributed by atoms with van der Waals surface area (Å²) in [5, 5.41) is 28.6. The third kappa shape index (κ3) is 5.93. The summed E-state index contributed by atoms with van der Waals surface area (Å²) in [5.41, 5.74) is 4.96. The van der Waals surface area contributed by atoms with Gasteiger partial charge < -0.3 is 19.7 Å². The lowest BCUT2D eigenvalue weighted by molar-refractivity contribution is 0.0686. The molecule has 0 aliphatic carbocycles. The highest BCUT2D eigenvalue weighted by atomic mass is 32.1. The molecule has 6 heterocycles. The molecular formula is C30H26N6O6S2. The van der Waals surface area contributed by atoms with E-state index in [4.69, 9.17) is 9.47 Å². The van der Waals surface area contributed by atoms with Crippen LogP contribution in [0.2, 0.25) is 0 Å². The van der Waals surface area contributed by atoms with E-state index in [0.717, 1.165) is 56.2 Å². The van der Waals surface area contributed by atoms with Crippen molar-refractivity contribution in [2.75, 3.05) is 13.2 Å². The Balaban J connectivity index is 0.000000175. The molecule has 6 rings (SSSR count). The molecule has 0 fully saturated rings. The number of aromatic nitrogens is 6. The molecule has 0 aliphatic heterocycles. The fourth-order valence-corrected chi connectivity index (χ4v) is 6.24. The van der Waals surface area contributed by atoms with Crippen LogP contribution in [0.1, 0.15) is 30.7 Å². The third-order valence-electron chi connectivity index (χ3n) is 6.11. The highest BCUT2D eigenvalue weighted by Crippen LogP contribution is 2.37. The van der Waals surface area contributed by atoms with Crippen molar-refractivity contribution in [2.45, 2.75) is 13.8 Å². The molecule has 14 heteroatoms. The van der Waals surface area contributed by atoms with Crippen LogP contribution in [-0.4, -0.2) is 64.6 Å². The Bertz CT molecular complexity index is 1880. The van der Waals surface area contributed by atoms with Gasteiger partial charge in [-0.15, -0.1) is 22.7 Å². The monoisotopic (exact) mass is 630 g/mol. The normalized spacial score (nSPS) is 10.8. The smallest absolute Gasteiger partial charge is 0.351 e. The number of carbonyl (C=O) groups is 2. The molecule has 6 aromatic heterocycles. The maximum atomic E-state index is 11.4. The number of nitrogens with zero attached hydrogens (tertiary/aromatic N) is 6. The highest BCUT2D eigenvalue weighted by Gasteiger charge is 2.24. The Labute approximate surface area is 258 Å². The van der Waals surface area contributed by atoms with Gasteiger partial charge in [0.25, 0.3) is 0 Å². The number of carboxylic acid groups (broad SMARTS) is 2. The predicted octanol–water partition coefficient (Wildman–Crippen LogP) is 6.06. The van der Waals surface area contributed by atoms with Gasteiger partial charge in [-0.05, 0) is 38.1 Å². The largest absolute Gasteiger partial charge is 0.477 e. The van der Waals surface area contributed by atoms with Gasteiger partial charge >= 0.3 is 11.9 Å². The summed E-state index contributed by atoms with van der Waals surface area (Å²) in [4.78, 5) is 31.5. The Morgan fingerprint density at radius 2 is 1.18 bits per heavy atom. The van der Waals surface area contributed by atoms with Crippen molar-refractivity contribution in [1.29, 1.82) is 0 Å². The summed E-state index contributed by atoms with van der Waals surface area (Å²) in [6.07, 6.45) is 6.77. The van der Waals surface area contributed by atoms with Crippen molar-refractivity contribution in [3.63, 3.8) is 0 Å². The zero-order valence-corrected chi connectivity index (χ0v) is 25.3. The van der Waals surface area contributed by atoms with Crippen LogP contribution >= 0.6 is 22.7 Å². The van der Waals surface area contributed by atoms with Gasteiger partial charge in [0.1, 0.15) is 23.2 Å². The van der Waals surface area contributed by atoms with Gasteiger partial charge in [-0.1, -0.05) is 37.4 Å². The molecule has 0 bridgehead atoms. The minimum Gasteiger partial charge on any atom is -0.477 e. The van der Waals surface area contributed by atoms with Crippen LogP contribution in [0.4, 0.5) is 0 Å². The Hall–Kier alpha value is -5.34. The SMILES string of the molecule is C=CCOc1nc(-c2c(C)nn3ccccc23)sc1C(=O)O.C=CCOc1nc(-c2c(C)nn3ccccc23)sc1C(=O)O. The Morgan fingerprint density at radius 3 is 1.55 bits per heavy atom. The average Bonchev–Trinajstić information content (AvgIpc) is 3.76. The molecule has 0 amide bonds. The van der Waals surface area contributed by atoms with E-state index >= 15 is 0 Å². The molecular weight excluding hydrogens is 605 g/mol. The van der Waals surface area contributed by atoms with Crippen LogP contribution in [0.5, 0.6) is 11.8 Å². The standard InChI is InChI=1S/2C15H13N3O3S/c2*1-3-8-21-13-12(15(19)20)22-14(16-13)11-9(2)17-18-7-5-4-6-10(11)18/h2*3-7H,1,8H2,2H3,(H,19,20). The molecule has 0 saturated heterocycles. The second-order valence-corrected chi connectivity index (χ2v) is 11.1. The summed E-state index contributed by atoms with van der Waals surface area (Å²) in [5.74, 6) is -1.89. The molecule has 6 aromatic rings. The van der Waals surface area contributed by atoms with Crippen molar-refractivity contribution in [3.8, 4) is 32.9 Å². The number of ether oxygens (including phenoxy) is 2. The average molecular weight is 631 g/mol. The maximum Gasteiger partial charge on any atom is 0.351 e. The van der Waals surface area contributed by atoms with Gasteiger partial charge in [0, 0.05) is 12.4 Å². The molecule has 12 nitrogen and oxygen atoms in total. The first-order valence-electron chi connectivity index (χ1n) is 13.1. The quantitative estimate of drug-likeness (QED) is 0.171. The zero-order valence-electron chi connectivity index (χ0n) is 23.6. The number of fused-ring (bicyclic) bond motifs is 2. The van der Waals surface area contributed by atoms with Gasteiger partial charge in [-0.2, -0.15) is 10.2 Å². The number of carboxylic acids is 2. The Morgan fingerprint density at radius 1 is 0.773 bits per heavy atom. The molecule has 224 valence electrons. The number of aryl methyl sites for hydroxylation is 2. The zero-order chi connectivity index (χ0) is 31.4. The number of rotatable bonds is 10. The van der Waals surface area contributed by atoms with E-state index < -0.39 is 11.9 Å². The first kappa shape index (κ1) is 30.1. The van der Waals surface area contributed by atoms with Gasteiger partial charge in [-0.3, -0.25) is 0 Å². The second kappa shape index (κ2) is 12.9. The minimum atomic E-state index is -1.06. The van der Waals surface area contributed by atoms with Crippen LogP contribution in [0, 0.1) is 13.8 Å².